The van der Waals surface area contributed by atoms with Crippen LogP contribution in [0.2, 0.25) is 0 Å². The van der Waals surface area contributed by atoms with Crippen molar-refractivity contribution in [3.05, 3.63) is 48.8 Å². The number of piperazine rings is 1. The van der Waals surface area contributed by atoms with Crippen LogP contribution in [0.3, 0.4) is 0 Å². The first kappa shape index (κ1) is 11.8. The molecule has 0 bridgehead atoms. The van der Waals surface area contributed by atoms with Crippen LogP contribution >= 0.6 is 0 Å². The lowest BCUT2D eigenvalue weighted by atomic mass is 10.2. The summed E-state index contributed by atoms with van der Waals surface area (Å²) in [6.07, 6.45) is 3.70. The minimum Gasteiger partial charge on any atom is -0.399 e. The Morgan fingerprint density at radius 3 is 1.74 bits per heavy atom. The monoisotopic (exact) mass is 254 g/mol. The molecule has 0 spiro atoms. The van der Waals surface area contributed by atoms with Crippen LogP contribution in [-0.4, -0.2) is 31.2 Å². The fourth-order valence-electron chi connectivity index (χ4n) is 2.46. The van der Waals surface area contributed by atoms with Gasteiger partial charge in [-0.2, -0.15) is 0 Å². The Kier molecular flexibility index (Phi) is 3.23. The van der Waals surface area contributed by atoms with Crippen LogP contribution in [0.4, 0.5) is 17.1 Å². The third kappa shape index (κ3) is 2.62. The van der Waals surface area contributed by atoms with Gasteiger partial charge in [-0.15, -0.1) is 0 Å². The first-order valence-corrected chi connectivity index (χ1v) is 6.58. The van der Waals surface area contributed by atoms with Gasteiger partial charge in [0.25, 0.3) is 0 Å². The van der Waals surface area contributed by atoms with Crippen LogP contribution in [0.1, 0.15) is 0 Å². The third-order valence-electron chi connectivity index (χ3n) is 3.57. The fourth-order valence-corrected chi connectivity index (χ4v) is 2.46. The van der Waals surface area contributed by atoms with E-state index in [-0.39, 0.29) is 0 Å². The zero-order valence-corrected chi connectivity index (χ0v) is 10.9. The van der Waals surface area contributed by atoms with E-state index in [0.717, 1.165) is 31.9 Å². The molecule has 2 N–H and O–H groups in total. The van der Waals surface area contributed by atoms with Crippen LogP contribution < -0.4 is 15.5 Å². The maximum Gasteiger partial charge on any atom is 0.0398 e. The van der Waals surface area contributed by atoms with Crippen molar-refractivity contribution < 1.29 is 0 Å². The van der Waals surface area contributed by atoms with Gasteiger partial charge in [0.2, 0.25) is 0 Å². The van der Waals surface area contributed by atoms with E-state index in [4.69, 9.17) is 5.73 Å². The highest BCUT2D eigenvalue weighted by molar-refractivity contribution is 5.55. The summed E-state index contributed by atoms with van der Waals surface area (Å²) in [5, 5.41) is 0. The molecule has 0 aliphatic carbocycles. The summed E-state index contributed by atoms with van der Waals surface area (Å²) in [5.41, 5.74) is 9.05. The maximum atomic E-state index is 5.72. The van der Waals surface area contributed by atoms with E-state index in [1.807, 2.05) is 24.5 Å². The van der Waals surface area contributed by atoms with Crippen LogP contribution in [0.5, 0.6) is 0 Å². The van der Waals surface area contributed by atoms with E-state index in [1.165, 1.54) is 11.4 Å². The molecule has 3 rings (SSSR count). The fraction of sp³-hybridized carbons (Fsp3) is 0.267. The Hall–Kier alpha value is -2.23. The summed E-state index contributed by atoms with van der Waals surface area (Å²) in [4.78, 5) is 8.86. The van der Waals surface area contributed by atoms with Gasteiger partial charge in [0.1, 0.15) is 0 Å². The van der Waals surface area contributed by atoms with Gasteiger partial charge in [0.05, 0.1) is 0 Å². The van der Waals surface area contributed by atoms with Gasteiger partial charge in [-0.1, -0.05) is 0 Å². The topological polar surface area (TPSA) is 45.4 Å². The zero-order valence-electron chi connectivity index (χ0n) is 10.9. The van der Waals surface area contributed by atoms with Gasteiger partial charge in [0.15, 0.2) is 0 Å². The molecule has 4 heteroatoms. The Morgan fingerprint density at radius 1 is 0.737 bits per heavy atom. The molecule has 1 aliphatic rings. The third-order valence-corrected chi connectivity index (χ3v) is 3.57. The second-order valence-electron chi connectivity index (χ2n) is 4.77. The van der Waals surface area contributed by atoms with Gasteiger partial charge < -0.3 is 15.5 Å². The molecule has 2 heterocycles. The van der Waals surface area contributed by atoms with E-state index in [0.29, 0.717) is 0 Å². The minimum atomic E-state index is 0.819. The lowest BCUT2D eigenvalue weighted by Crippen LogP contribution is -2.46. The molecule has 1 aromatic carbocycles. The number of aromatic nitrogens is 1. The summed E-state index contributed by atoms with van der Waals surface area (Å²) in [6.45, 7) is 4.14. The number of nitrogens with two attached hydrogens (primary N) is 1. The Balaban J connectivity index is 1.65. The number of pyridine rings is 1. The number of hydrogen-bond donors (Lipinski definition) is 1. The molecule has 1 saturated heterocycles. The highest BCUT2D eigenvalue weighted by Gasteiger charge is 2.17. The average Bonchev–Trinajstić information content (AvgIpc) is 2.49. The van der Waals surface area contributed by atoms with Gasteiger partial charge in [-0.05, 0) is 36.4 Å². The van der Waals surface area contributed by atoms with Gasteiger partial charge in [0, 0.05) is 55.6 Å². The van der Waals surface area contributed by atoms with Crippen molar-refractivity contribution in [3.8, 4) is 0 Å². The smallest absolute Gasteiger partial charge is 0.0398 e. The van der Waals surface area contributed by atoms with Crippen molar-refractivity contribution in [1.29, 1.82) is 0 Å². The molecule has 1 fully saturated rings. The molecular formula is C15H18N4. The number of anilines is 3. The highest BCUT2D eigenvalue weighted by atomic mass is 15.3. The molecule has 1 aliphatic heterocycles. The number of nitrogens with zero attached hydrogens (tertiary/aromatic N) is 3. The predicted octanol–water partition coefficient (Wildman–Crippen LogP) is 1.99. The molecule has 19 heavy (non-hydrogen) atoms. The van der Waals surface area contributed by atoms with Crippen LogP contribution in [0.25, 0.3) is 0 Å². The molecule has 0 atom stereocenters. The van der Waals surface area contributed by atoms with E-state index >= 15 is 0 Å². The molecule has 1 aromatic heterocycles. The Bertz CT molecular complexity index is 516. The van der Waals surface area contributed by atoms with Crippen LogP contribution in [-0.2, 0) is 0 Å². The standard InChI is InChI=1S/C15H18N4/c16-13-1-3-14(4-2-13)18-9-11-19(12-10-18)15-5-7-17-8-6-15/h1-8H,9-12,16H2. The lowest BCUT2D eigenvalue weighted by Gasteiger charge is -2.37. The quantitative estimate of drug-likeness (QED) is 0.833. The average molecular weight is 254 g/mol. The molecule has 4 nitrogen and oxygen atoms in total. The summed E-state index contributed by atoms with van der Waals surface area (Å²) in [6, 6.07) is 12.3. The molecule has 0 unspecified atom stereocenters. The van der Waals surface area contributed by atoms with Gasteiger partial charge in [-0.25, -0.2) is 0 Å². The SMILES string of the molecule is Nc1ccc(N2CCN(c3ccncc3)CC2)cc1. The van der Waals surface area contributed by atoms with E-state index in [2.05, 4.69) is 39.0 Å². The molecular weight excluding hydrogens is 236 g/mol. The van der Waals surface area contributed by atoms with Crippen molar-refractivity contribution in [3.63, 3.8) is 0 Å². The summed E-state index contributed by atoms with van der Waals surface area (Å²) < 4.78 is 0. The summed E-state index contributed by atoms with van der Waals surface area (Å²) in [5.74, 6) is 0. The maximum absolute atomic E-state index is 5.72. The number of benzene rings is 1. The first-order valence-electron chi connectivity index (χ1n) is 6.58. The first-order chi connectivity index (χ1) is 9.33. The Labute approximate surface area is 113 Å². The van der Waals surface area contributed by atoms with Crippen molar-refractivity contribution in [2.75, 3.05) is 41.7 Å². The molecule has 0 amide bonds. The highest BCUT2D eigenvalue weighted by Crippen LogP contribution is 2.20. The van der Waals surface area contributed by atoms with E-state index in [1.54, 1.807) is 0 Å². The minimum absolute atomic E-state index is 0.819. The van der Waals surface area contributed by atoms with Crippen molar-refractivity contribution in [1.82, 2.24) is 4.98 Å². The number of rotatable bonds is 2. The number of hydrogen-bond acceptors (Lipinski definition) is 4. The van der Waals surface area contributed by atoms with E-state index < -0.39 is 0 Å². The largest absolute Gasteiger partial charge is 0.399 e. The van der Waals surface area contributed by atoms with Crippen LogP contribution in [0, 0.1) is 0 Å². The predicted molar refractivity (Wildman–Crippen MR) is 79.5 cm³/mol. The molecule has 0 radical (unpaired) electrons. The Morgan fingerprint density at radius 2 is 1.21 bits per heavy atom. The molecule has 98 valence electrons. The van der Waals surface area contributed by atoms with Gasteiger partial charge in [-0.3, -0.25) is 4.98 Å². The van der Waals surface area contributed by atoms with Crippen molar-refractivity contribution in [2.24, 2.45) is 0 Å². The van der Waals surface area contributed by atoms with Crippen molar-refractivity contribution >= 4 is 17.1 Å². The van der Waals surface area contributed by atoms with Crippen LogP contribution in [0.15, 0.2) is 48.8 Å². The molecule has 0 saturated carbocycles. The number of nitrogen functional groups attached to an aromatic ring is 1. The second kappa shape index (κ2) is 5.18. The van der Waals surface area contributed by atoms with Gasteiger partial charge >= 0.3 is 0 Å². The normalized spacial score (nSPS) is 15.6. The zero-order chi connectivity index (χ0) is 13.1. The van der Waals surface area contributed by atoms with Crippen molar-refractivity contribution in [2.45, 2.75) is 0 Å². The second-order valence-corrected chi connectivity index (χ2v) is 4.77. The summed E-state index contributed by atoms with van der Waals surface area (Å²) in [7, 11) is 0. The lowest BCUT2D eigenvalue weighted by molar-refractivity contribution is 0.653. The summed E-state index contributed by atoms with van der Waals surface area (Å²) >= 11 is 0. The molecule has 2 aromatic rings. The van der Waals surface area contributed by atoms with E-state index in [9.17, 15) is 0 Å².